The van der Waals surface area contributed by atoms with E-state index < -0.39 is 0 Å². The van der Waals surface area contributed by atoms with E-state index in [2.05, 4.69) is 26.0 Å². The molecule has 0 saturated heterocycles. The molecule has 0 saturated carbocycles. The van der Waals surface area contributed by atoms with Crippen molar-refractivity contribution in [3.8, 4) is 0 Å². The van der Waals surface area contributed by atoms with Gasteiger partial charge in [-0.1, -0.05) is 38.1 Å². The summed E-state index contributed by atoms with van der Waals surface area (Å²) < 4.78 is 0. The van der Waals surface area contributed by atoms with Gasteiger partial charge in [-0.25, -0.2) is 0 Å². The summed E-state index contributed by atoms with van der Waals surface area (Å²) >= 11 is 0. The summed E-state index contributed by atoms with van der Waals surface area (Å²) in [5, 5.41) is 9.01. The van der Waals surface area contributed by atoms with E-state index in [1.54, 1.807) is 0 Å². The highest BCUT2D eigenvalue weighted by molar-refractivity contribution is 5.29. The summed E-state index contributed by atoms with van der Waals surface area (Å²) in [5.41, 5.74) is 2.63. The van der Waals surface area contributed by atoms with Crippen LogP contribution in [0.5, 0.6) is 0 Å². The lowest BCUT2D eigenvalue weighted by atomic mass is 9.95. The molecule has 1 nitrogen and oxygen atoms in total. The Labute approximate surface area is 74.1 Å². The van der Waals surface area contributed by atoms with E-state index in [4.69, 9.17) is 5.11 Å². The van der Waals surface area contributed by atoms with Crippen molar-refractivity contribution in [2.45, 2.75) is 26.2 Å². The van der Waals surface area contributed by atoms with Crippen LogP contribution in [0.15, 0.2) is 24.3 Å². The maximum absolute atomic E-state index is 9.01. The van der Waals surface area contributed by atoms with Crippen LogP contribution in [-0.4, -0.2) is 11.7 Å². The van der Waals surface area contributed by atoms with Crippen LogP contribution in [0.1, 0.15) is 30.9 Å². The van der Waals surface area contributed by atoms with Gasteiger partial charge in [-0.3, -0.25) is 0 Å². The molecule has 1 aromatic rings. The average molecular weight is 164 g/mol. The second-order valence-electron chi connectivity index (χ2n) is 3.14. The van der Waals surface area contributed by atoms with Crippen LogP contribution >= 0.6 is 0 Å². The third-order valence-electron chi connectivity index (χ3n) is 2.24. The minimum atomic E-state index is 0.233. The fourth-order valence-electron chi connectivity index (χ4n) is 1.44. The number of hydrogen-bond donors (Lipinski definition) is 1. The van der Waals surface area contributed by atoms with Crippen molar-refractivity contribution in [2.24, 2.45) is 0 Å². The van der Waals surface area contributed by atoms with Gasteiger partial charge in [-0.05, 0) is 17.5 Å². The van der Waals surface area contributed by atoms with Crippen LogP contribution in [0.4, 0.5) is 0 Å². The van der Waals surface area contributed by atoms with Crippen molar-refractivity contribution in [2.75, 3.05) is 6.61 Å². The maximum atomic E-state index is 9.01. The molecule has 1 rings (SSSR count). The lowest BCUT2D eigenvalue weighted by Crippen LogP contribution is -2.02. The van der Waals surface area contributed by atoms with E-state index in [-0.39, 0.29) is 12.5 Å². The number of benzene rings is 1. The van der Waals surface area contributed by atoms with Crippen LogP contribution < -0.4 is 0 Å². The fourth-order valence-corrected chi connectivity index (χ4v) is 1.44. The van der Waals surface area contributed by atoms with E-state index in [1.807, 2.05) is 12.1 Å². The predicted molar refractivity (Wildman–Crippen MR) is 51.3 cm³/mol. The molecule has 66 valence electrons. The lowest BCUT2D eigenvalue weighted by Gasteiger charge is -2.12. The molecule has 12 heavy (non-hydrogen) atoms. The van der Waals surface area contributed by atoms with Gasteiger partial charge in [0.25, 0.3) is 0 Å². The van der Waals surface area contributed by atoms with Gasteiger partial charge in [-0.15, -0.1) is 0 Å². The van der Waals surface area contributed by atoms with Gasteiger partial charge in [-0.2, -0.15) is 0 Å². The molecular weight excluding hydrogens is 148 g/mol. The average Bonchev–Trinajstić information content (AvgIpc) is 2.16. The van der Waals surface area contributed by atoms with E-state index >= 15 is 0 Å². The van der Waals surface area contributed by atoms with E-state index in [0.717, 1.165) is 6.42 Å². The summed E-state index contributed by atoms with van der Waals surface area (Å²) in [7, 11) is 0. The molecule has 0 heterocycles. The predicted octanol–water partition coefficient (Wildman–Crippen LogP) is 2.34. The molecule has 0 fully saturated rings. The summed E-state index contributed by atoms with van der Waals surface area (Å²) in [4.78, 5) is 0. The summed E-state index contributed by atoms with van der Waals surface area (Å²) in [5.74, 6) is 0.265. The first-order valence-corrected chi connectivity index (χ1v) is 4.48. The normalized spacial score (nSPS) is 12.9. The van der Waals surface area contributed by atoms with Gasteiger partial charge in [0.05, 0.1) is 0 Å². The molecule has 0 aliphatic heterocycles. The highest BCUT2D eigenvalue weighted by Gasteiger charge is 2.06. The zero-order valence-electron chi connectivity index (χ0n) is 7.75. The zero-order chi connectivity index (χ0) is 8.97. The number of aryl methyl sites for hydroxylation is 1. The Morgan fingerprint density at radius 2 is 2.00 bits per heavy atom. The Bertz CT molecular complexity index is 243. The monoisotopic (exact) mass is 164 g/mol. The Hall–Kier alpha value is -0.820. The van der Waals surface area contributed by atoms with Crippen LogP contribution in [0, 0.1) is 0 Å². The van der Waals surface area contributed by atoms with Crippen LogP contribution in [-0.2, 0) is 6.42 Å². The van der Waals surface area contributed by atoms with Crippen LogP contribution in [0.3, 0.4) is 0 Å². The van der Waals surface area contributed by atoms with Crippen molar-refractivity contribution in [3.05, 3.63) is 35.4 Å². The topological polar surface area (TPSA) is 20.2 Å². The molecular formula is C11H16O. The minimum Gasteiger partial charge on any atom is -0.396 e. The first kappa shape index (κ1) is 9.27. The van der Waals surface area contributed by atoms with Crippen LogP contribution in [0.25, 0.3) is 0 Å². The van der Waals surface area contributed by atoms with Crippen LogP contribution in [0.2, 0.25) is 0 Å². The minimum absolute atomic E-state index is 0.233. The molecule has 1 atom stereocenters. The quantitative estimate of drug-likeness (QED) is 0.727. The first-order chi connectivity index (χ1) is 5.79. The summed E-state index contributed by atoms with van der Waals surface area (Å²) in [6, 6.07) is 8.30. The summed E-state index contributed by atoms with van der Waals surface area (Å²) in [6.07, 6.45) is 1.04. The van der Waals surface area contributed by atoms with Gasteiger partial charge >= 0.3 is 0 Å². The highest BCUT2D eigenvalue weighted by Crippen LogP contribution is 2.19. The van der Waals surface area contributed by atoms with Gasteiger partial charge in [0.2, 0.25) is 0 Å². The van der Waals surface area contributed by atoms with E-state index in [0.29, 0.717) is 0 Å². The first-order valence-electron chi connectivity index (χ1n) is 4.48. The number of rotatable bonds is 3. The van der Waals surface area contributed by atoms with Gasteiger partial charge in [0, 0.05) is 12.5 Å². The Morgan fingerprint density at radius 1 is 1.33 bits per heavy atom. The molecule has 0 amide bonds. The number of aliphatic hydroxyl groups excluding tert-OH is 1. The Balaban J connectivity index is 2.96. The highest BCUT2D eigenvalue weighted by atomic mass is 16.3. The van der Waals surface area contributed by atoms with E-state index in [9.17, 15) is 0 Å². The fraction of sp³-hybridized carbons (Fsp3) is 0.455. The second-order valence-corrected chi connectivity index (χ2v) is 3.14. The largest absolute Gasteiger partial charge is 0.396 e. The van der Waals surface area contributed by atoms with Gasteiger partial charge in [0.1, 0.15) is 0 Å². The number of hydrogen-bond acceptors (Lipinski definition) is 1. The Morgan fingerprint density at radius 3 is 2.58 bits per heavy atom. The molecule has 0 aromatic heterocycles. The molecule has 1 heteroatoms. The second kappa shape index (κ2) is 4.27. The molecule has 0 bridgehead atoms. The van der Waals surface area contributed by atoms with Gasteiger partial charge in [0.15, 0.2) is 0 Å². The lowest BCUT2D eigenvalue weighted by molar-refractivity contribution is 0.272. The van der Waals surface area contributed by atoms with Gasteiger partial charge < -0.3 is 5.11 Å². The smallest absolute Gasteiger partial charge is 0.0497 e. The summed E-state index contributed by atoms with van der Waals surface area (Å²) in [6.45, 7) is 4.43. The maximum Gasteiger partial charge on any atom is 0.0497 e. The molecule has 1 unspecified atom stereocenters. The molecule has 0 radical (unpaired) electrons. The third kappa shape index (κ3) is 1.86. The number of aliphatic hydroxyl groups is 1. The molecule has 0 aliphatic carbocycles. The molecule has 0 aliphatic rings. The third-order valence-corrected chi connectivity index (χ3v) is 2.24. The van der Waals surface area contributed by atoms with Crippen molar-refractivity contribution in [3.63, 3.8) is 0 Å². The molecule has 0 spiro atoms. The molecule has 1 N–H and O–H groups in total. The molecule has 1 aromatic carbocycles. The zero-order valence-corrected chi connectivity index (χ0v) is 7.75. The van der Waals surface area contributed by atoms with Crippen molar-refractivity contribution in [1.82, 2.24) is 0 Å². The van der Waals surface area contributed by atoms with E-state index in [1.165, 1.54) is 11.1 Å². The van der Waals surface area contributed by atoms with Crippen molar-refractivity contribution < 1.29 is 5.11 Å². The van der Waals surface area contributed by atoms with Crippen molar-refractivity contribution >= 4 is 0 Å². The van der Waals surface area contributed by atoms with Crippen molar-refractivity contribution in [1.29, 1.82) is 0 Å². The Kier molecular flexibility index (Phi) is 3.30. The standard InChI is InChI=1S/C11H16O/c1-3-10-6-4-5-7-11(10)9(2)8-12/h4-7,9,12H,3,8H2,1-2H3. The SMILES string of the molecule is CCc1ccccc1C(C)CO.